The second-order valence-corrected chi connectivity index (χ2v) is 4.49. The van der Waals surface area contributed by atoms with Crippen LogP contribution in [0.4, 0.5) is 5.69 Å². The van der Waals surface area contributed by atoms with Gasteiger partial charge in [-0.1, -0.05) is 6.07 Å². The van der Waals surface area contributed by atoms with Crippen molar-refractivity contribution >= 4 is 5.69 Å². The molecule has 1 aromatic carbocycles. The molecule has 0 saturated carbocycles. The van der Waals surface area contributed by atoms with E-state index in [1.165, 1.54) is 6.07 Å². The van der Waals surface area contributed by atoms with Crippen LogP contribution in [0.5, 0.6) is 0 Å². The largest absolute Gasteiger partial charge is 0.420 e. The molecule has 0 aliphatic heterocycles. The van der Waals surface area contributed by atoms with E-state index in [1.54, 1.807) is 12.1 Å². The number of nitro benzene ring substituents is 1. The van der Waals surface area contributed by atoms with Crippen molar-refractivity contribution in [3.05, 3.63) is 39.8 Å². The fourth-order valence-corrected chi connectivity index (χ4v) is 1.86. The number of nitro groups is 1. The van der Waals surface area contributed by atoms with Crippen LogP contribution in [0.25, 0.3) is 11.5 Å². The van der Waals surface area contributed by atoms with Gasteiger partial charge in [0.25, 0.3) is 11.6 Å². The summed E-state index contributed by atoms with van der Waals surface area (Å²) in [6, 6.07) is 4.82. The highest BCUT2D eigenvalue weighted by Gasteiger charge is 2.20. The van der Waals surface area contributed by atoms with E-state index in [0.717, 1.165) is 18.5 Å². The minimum absolute atomic E-state index is 0.0268. The van der Waals surface area contributed by atoms with Crippen molar-refractivity contribution in [2.75, 3.05) is 13.6 Å². The second kappa shape index (κ2) is 6.25. The molecule has 0 radical (unpaired) electrons. The lowest BCUT2D eigenvalue weighted by Gasteiger charge is -1.99. The number of hydrogen-bond acceptors (Lipinski definition) is 6. The molecule has 7 nitrogen and oxygen atoms in total. The van der Waals surface area contributed by atoms with E-state index in [1.807, 2.05) is 14.0 Å². The van der Waals surface area contributed by atoms with E-state index in [4.69, 9.17) is 4.42 Å². The summed E-state index contributed by atoms with van der Waals surface area (Å²) in [5.74, 6) is 0.686. The van der Waals surface area contributed by atoms with E-state index in [0.29, 0.717) is 17.9 Å². The van der Waals surface area contributed by atoms with Crippen molar-refractivity contribution in [1.82, 2.24) is 15.5 Å². The minimum Gasteiger partial charge on any atom is -0.420 e. The molecule has 0 atom stereocenters. The average molecular weight is 276 g/mol. The van der Waals surface area contributed by atoms with Crippen molar-refractivity contribution in [2.24, 2.45) is 0 Å². The Morgan fingerprint density at radius 1 is 1.40 bits per heavy atom. The summed E-state index contributed by atoms with van der Waals surface area (Å²) in [5.41, 5.74) is 1.24. The molecule has 0 amide bonds. The van der Waals surface area contributed by atoms with Gasteiger partial charge in [-0.25, -0.2) is 0 Å². The molecule has 0 saturated heterocycles. The lowest BCUT2D eigenvalue weighted by atomic mass is 10.1. The Hall–Kier alpha value is -2.28. The quantitative estimate of drug-likeness (QED) is 0.493. The Morgan fingerprint density at radius 2 is 2.20 bits per heavy atom. The lowest BCUT2D eigenvalue weighted by Crippen LogP contribution is -2.08. The van der Waals surface area contributed by atoms with Crippen molar-refractivity contribution in [3.8, 4) is 11.5 Å². The highest BCUT2D eigenvalue weighted by molar-refractivity contribution is 5.67. The van der Waals surface area contributed by atoms with Crippen molar-refractivity contribution in [3.63, 3.8) is 0 Å². The maximum atomic E-state index is 11.0. The van der Waals surface area contributed by atoms with Crippen LogP contribution in [0, 0.1) is 17.0 Å². The predicted molar refractivity (Wildman–Crippen MR) is 73.4 cm³/mol. The van der Waals surface area contributed by atoms with Gasteiger partial charge >= 0.3 is 0 Å². The topological polar surface area (TPSA) is 94.1 Å². The Kier molecular flexibility index (Phi) is 4.41. The smallest absolute Gasteiger partial charge is 0.282 e. The summed E-state index contributed by atoms with van der Waals surface area (Å²) in [5, 5.41) is 21.9. The van der Waals surface area contributed by atoms with Gasteiger partial charge in [-0.15, -0.1) is 10.2 Å². The van der Waals surface area contributed by atoms with Crippen LogP contribution in [0.1, 0.15) is 17.9 Å². The van der Waals surface area contributed by atoms with Gasteiger partial charge in [0, 0.05) is 12.5 Å². The van der Waals surface area contributed by atoms with E-state index >= 15 is 0 Å². The fraction of sp³-hybridized carbons (Fsp3) is 0.385. The molecule has 0 aliphatic carbocycles. The normalized spacial score (nSPS) is 10.7. The third-order valence-corrected chi connectivity index (χ3v) is 2.86. The van der Waals surface area contributed by atoms with Crippen LogP contribution in [0.3, 0.4) is 0 Å². The Bertz CT molecular complexity index is 609. The molecule has 0 spiro atoms. The van der Waals surface area contributed by atoms with Crippen molar-refractivity contribution < 1.29 is 9.34 Å². The third kappa shape index (κ3) is 3.18. The summed E-state index contributed by atoms with van der Waals surface area (Å²) in [7, 11) is 1.87. The van der Waals surface area contributed by atoms with Gasteiger partial charge in [-0.05, 0) is 38.6 Å². The van der Waals surface area contributed by atoms with Crippen LogP contribution in [0.2, 0.25) is 0 Å². The number of nitrogens with zero attached hydrogens (tertiary/aromatic N) is 3. The summed E-state index contributed by atoms with van der Waals surface area (Å²) >= 11 is 0. The molecule has 1 aromatic heterocycles. The van der Waals surface area contributed by atoms with Crippen LogP contribution < -0.4 is 5.32 Å². The zero-order chi connectivity index (χ0) is 14.5. The summed E-state index contributed by atoms with van der Waals surface area (Å²) < 4.78 is 5.51. The first-order valence-corrected chi connectivity index (χ1v) is 6.34. The molecule has 0 bridgehead atoms. The Labute approximate surface area is 116 Å². The maximum absolute atomic E-state index is 11.0. The minimum atomic E-state index is -0.445. The first kappa shape index (κ1) is 14.1. The SMILES string of the molecule is CNCCCc1nnc(-c2cc(C)ccc2[N+](=O)[O-])o1. The molecule has 106 valence electrons. The van der Waals surface area contributed by atoms with Gasteiger partial charge in [0.15, 0.2) is 0 Å². The number of aromatic nitrogens is 2. The predicted octanol–water partition coefficient (Wildman–Crippen LogP) is 2.11. The van der Waals surface area contributed by atoms with Gasteiger partial charge in [-0.2, -0.15) is 0 Å². The summed E-state index contributed by atoms with van der Waals surface area (Å²) in [6.45, 7) is 2.71. The van der Waals surface area contributed by atoms with Crippen LogP contribution >= 0.6 is 0 Å². The Balaban J connectivity index is 2.27. The molecule has 20 heavy (non-hydrogen) atoms. The third-order valence-electron chi connectivity index (χ3n) is 2.86. The number of hydrogen-bond donors (Lipinski definition) is 1. The molecule has 7 heteroatoms. The summed E-state index contributed by atoms with van der Waals surface area (Å²) in [6.07, 6.45) is 1.52. The highest BCUT2D eigenvalue weighted by atomic mass is 16.6. The van der Waals surface area contributed by atoms with E-state index < -0.39 is 4.92 Å². The maximum Gasteiger partial charge on any atom is 0.282 e. The molecule has 2 aromatic rings. The van der Waals surface area contributed by atoms with Crippen molar-refractivity contribution in [2.45, 2.75) is 19.8 Å². The summed E-state index contributed by atoms with van der Waals surface area (Å²) in [4.78, 5) is 10.6. The van der Waals surface area contributed by atoms with Gasteiger partial charge in [0.2, 0.25) is 5.89 Å². The number of benzene rings is 1. The molecule has 1 heterocycles. The lowest BCUT2D eigenvalue weighted by molar-refractivity contribution is -0.384. The molecule has 0 unspecified atom stereocenters. The molecular weight excluding hydrogens is 260 g/mol. The molecule has 0 aliphatic rings. The van der Waals surface area contributed by atoms with Gasteiger partial charge < -0.3 is 9.73 Å². The van der Waals surface area contributed by atoms with E-state index in [2.05, 4.69) is 15.5 Å². The molecule has 2 rings (SSSR count). The van der Waals surface area contributed by atoms with Crippen LogP contribution in [-0.4, -0.2) is 28.7 Å². The average Bonchev–Trinajstić information content (AvgIpc) is 2.87. The first-order valence-electron chi connectivity index (χ1n) is 6.34. The van der Waals surface area contributed by atoms with E-state index in [9.17, 15) is 10.1 Å². The Morgan fingerprint density at radius 3 is 2.90 bits per heavy atom. The van der Waals surface area contributed by atoms with Gasteiger partial charge in [-0.3, -0.25) is 10.1 Å². The monoisotopic (exact) mass is 276 g/mol. The number of aryl methyl sites for hydroxylation is 2. The van der Waals surface area contributed by atoms with Crippen molar-refractivity contribution in [1.29, 1.82) is 0 Å². The number of nitrogens with one attached hydrogen (secondary N) is 1. The molecule has 1 N–H and O–H groups in total. The van der Waals surface area contributed by atoms with Gasteiger partial charge in [0.05, 0.1) is 4.92 Å². The van der Waals surface area contributed by atoms with Gasteiger partial charge in [0.1, 0.15) is 5.56 Å². The zero-order valence-electron chi connectivity index (χ0n) is 11.4. The standard InChI is InChI=1S/C13H16N4O3/c1-9-5-6-11(17(18)19)10(8-9)13-16-15-12(20-13)4-3-7-14-2/h5-6,8,14H,3-4,7H2,1-2H3. The highest BCUT2D eigenvalue weighted by Crippen LogP contribution is 2.29. The zero-order valence-corrected chi connectivity index (χ0v) is 11.4. The second-order valence-electron chi connectivity index (χ2n) is 4.49. The number of rotatable bonds is 6. The first-order chi connectivity index (χ1) is 9.61. The molecular formula is C13H16N4O3. The van der Waals surface area contributed by atoms with Crippen LogP contribution in [0.15, 0.2) is 22.6 Å². The fourth-order valence-electron chi connectivity index (χ4n) is 1.86. The molecule has 0 fully saturated rings. The van der Waals surface area contributed by atoms with E-state index in [-0.39, 0.29) is 11.6 Å². The van der Waals surface area contributed by atoms with Crippen LogP contribution in [-0.2, 0) is 6.42 Å².